The summed E-state index contributed by atoms with van der Waals surface area (Å²) in [6, 6.07) is 3.93. The van der Waals surface area contributed by atoms with E-state index < -0.39 is 0 Å². The van der Waals surface area contributed by atoms with Crippen LogP contribution in [-0.4, -0.2) is 53.0 Å². The zero-order valence-electron chi connectivity index (χ0n) is 15.4. The number of nitrogens with one attached hydrogen (secondary N) is 1. The molecule has 2 aromatic heterocycles. The van der Waals surface area contributed by atoms with Crippen molar-refractivity contribution in [3.05, 3.63) is 24.5 Å². The van der Waals surface area contributed by atoms with Gasteiger partial charge in [-0.25, -0.2) is 0 Å². The minimum absolute atomic E-state index is 0.00805. The predicted molar refractivity (Wildman–Crippen MR) is 103 cm³/mol. The quantitative estimate of drug-likeness (QED) is 0.716. The third kappa shape index (κ3) is 5.04. The molecule has 8 heteroatoms. The number of amides is 1. The van der Waals surface area contributed by atoms with Crippen LogP contribution < -0.4 is 10.2 Å². The number of hydrogen-bond donors (Lipinski definition) is 1. The summed E-state index contributed by atoms with van der Waals surface area (Å²) in [5.74, 6) is 0.142. The van der Waals surface area contributed by atoms with Crippen LogP contribution in [0.3, 0.4) is 0 Å². The maximum absolute atomic E-state index is 12.4. The van der Waals surface area contributed by atoms with E-state index in [0.717, 1.165) is 36.1 Å². The van der Waals surface area contributed by atoms with Gasteiger partial charge in [0.15, 0.2) is 0 Å². The van der Waals surface area contributed by atoms with Crippen LogP contribution in [0.15, 0.2) is 24.5 Å². The fourth-order valence-corrected chi connectivity index (χ4v) is 3.86. The SMILES string of the molecule is CC(C)OCCCNC(=O)[C@@H]1CCCN(c2nnc(-n3cccc3)s2)C1. The molecule has 1 amide bonds. The molecule has 1 atom stereocenters. The third-order valence-corrected chi connectivity index (χ3v) is 5.36. The second-order valence-electron chi connectivity index (χ2n) is 6.81. The molecule has 0 aromatic carbocycles. The Kier molecular flexibility index (Phi) is 6.62. The van der Waals surface area contributed by atoms with Gasteiger partial charge in [0.1, 0.15) is 0 Å². The van der Waals surface area contributed by atoms with Gasteiger partial charge < -0.3 is 15.0 Å². The number of carbonyl (C=O) groups excluding carboxylic acids is 1. The smallest absolute Gasteiger partial charge is 0.224 e. The molecule has 0 radical (unpaired) electrons. The van der Waals surface area contributed by atoms with Gasteiger partial charge in [-0.15, -0.1) is 10.2 Å². The summed E-state index contributed by atoms with van der Waals surface area (Å²) in [6.45, 7) is 7.01. The summed E-state index contributed by atoms with van der Waals surface area (Å²) in [7, 11) is 0. The lowest BCUT2D eigenvalue weighted by Gasteiger charge is -2.31. The maximum atomic E-state index is 12.4. The Balaban J connectivity index is 1.48. The molecule has 1 fully saturated rings. The van der Waals surface area contributed by atoms with Crippen LogP contribution in [-0.2, 0) is 9.53 Å². The van der Waals surface area contributed by atoms with E-state index in [2.05, 4.69) is 20.4 Å². The van der Waals surface area contributed by atoms with E-state index in [9.17, 15) is 4.79 Å². The third-order valence-electron chi connectivity index (χ3n) is 4.36. The van der Waals surface area contributed by atoms with Gasteiger partial charge in [0, 0.05) is 38.6 Å². The Labute approximate surface area is 158 Å². The first-order valence-electron chi connectivity index (χ1n) is 9.24. The minimum atomic E-state index is 0.00805. The highest BCUT2D eigenvalue weighted by Crippen LogP contribution is 2.27. The molecule has 0 bridgehead atoms. The van der Waals surface area contributed by atoms with Crippen molar-refractivity contribution in [2.75, 3.05) is 31.1 Å². The molecule has 0 saturated carbocycles. The van der Waals surface area contributed by atoms with E-state index >= 15 is 0 Å². The lowest BCUT2D eigenvalue weighted by atomic mass is 9.97. The standard InChI is InChI=1S/C18H27N5O2S/c1-14(2)25-12-6-8-19-16(24)15-7-5-11-23(13-15)18-21-20-17(26-18)22-9-3-4-10-22/h3-4,9-10,14-15H,5-8,11-13H2,1-2H3,(H,19,24)/t15-/m1/s1. The average molecular weight is 378 g/mol. The van der Waals surface area contributed by atoms with Crippen LogP contribution in [0.1, 0.15) is 33.1 Å². The first kappa shape index (κ1) is 18.8. The van der Waals surface area contributed by atoms with E-state index in [4.69, 9.17) is 4.74 Å². The number of anilines is 1. The Bertz CT molecular complexity index is 686. The first-order valence-corrected chi connectivity index (χ1v) is 10.1. The van der Waals surface area contributed by atoms with Crippen molar-refractivity contribution < 1.29 is 9.53 Å². The number of piperidine rings is 1. The van der Waals surface area contributed by atoms with Gasteiger partial charge in [-0.1, -0.05) is 11.3 Å². The predicted octanol–water partition coefficient (Wildman–Crippen LogP) is 2.48. The second kappa shape index (κ2) is 9.14. The van der Waals surface area contributed by atoms with Gasteiger partial charge in [-0.3, -0.25) is 9.36 Å². The number of rotatable bonds is 8. The van der Waals surface area contributed by atoms with Gasteiger partial charge >= 0.3 is 0 Å². The van der Waals surface area contributed by atoms with Gasteiger partial charge in [0.2, 0.25) is 16.2 Å². The van der Waals surface area contributed by atoms with E-state index in [1.165, 1.54) is 0 Å². The maximum Gasteiger partial charge on any atom is 0.224 e. The Hall–Kier alpha value is -1.93. The molecule has 3 heterocycles. The van der Waals surface area contributed by atoms with E-state index in [0.29, 0.717) is 19.7 Å². The highest BCUT2D eigenvalue weighted by atomic mass is 32.1. The minimum Gasteiger partial charge on any atom is -0.379 e. The van der Waals surface area contributed by atoms with Gasteiger partial charge in [-0.05, 0) is 45.2 Å². The van der Waals surface area contributed by atoms with E-state index in [-0.39, 0.29) is 17.9 Å². The summed E-state index contributed by atoms with van der Waals surface area (Å²) in [6.07, 6.45) is 6.92. The molecule has 26 heavy (non-hydrogen) atoms. The zero-order valence-corrected chi connectivity index (χ0v) is 16.2. The van der Waals surface area contributed by atoms with Crippen molar-refractivity contribution in [3.8, 4) is 5.13 Å². The van der Waals surface area contributed by atoms with Crippen molar-refractivity contribution in [1.29, 1.82) is 0 Å². The largest absolute Gasteiger partial charge is 0.379 e. The van der Waals surface area contributed by atoms with Crippen molar-refractivity contribution in [1.82, 2.24) is 20.1 Å². The first-order chi connectivity index (χ1) is 12.6. The molecule has 0 aliphatic carbocycles. The van der Waals surface area contributed by atoms with E-state index in [1.54, 1.807) is 11.3 Å². The topological polar surface area (TPSA) is 72.3 Å². The summed E-state index contributed by atoms with van der Waals surface area (Å²) in [5.41, 5.74) is 0. The molecule has 0 spiro atoms. The number of ether oxygens (including phenoxy) is 1. The highest BCUT2D eigenvalue weighted by molar-refractivity contribution is 7.17. The number of aromatic nitrogens is 3. The number of hydrogen-bond acceptors (Lipinski definition) is 6. The van der Waals surface area contributed by atoms with E-state index in [1.807, 2.05) is 42.9 Å². The molecular formula is C18H27N5O2S. The van der Waals surface area contributed by atoms with Crippen LogP contribution in [0.25, 0.3) is 5.13 Å². The molecule has 1 N–H and O–H groups in total. The highest BCUT2D eigenvalue weighted by Gasteiger charge is 2.27. The Morgan fingerprint density at radius 1 is 1.35 bits per heavy atom. The van der Waals surface area contributed by atoms with Crippen LogP contribution in [0, 0.1) is 5.92 Å². The van der Waals surface area contributed by atoms with Crippen LogP contribution >= 0.6 is 11.3 Å². The fraction of sp³-hybridized carbons (Fsp3) is 0.611. The summed E-state index contributed by atoms with van der Waals surface area (Å²) in [5, 5.41) is 13.4. The van der Waals surface area contributed by atoms with Crippen LogP contribution in [0.4, 0.5) is 5.13 Å². The molecule has 3 rings (SSSR count). The van der Waals surface area contributed by atoms with Gasteiger partial charge in [0.05, 0.1) is 12.0 Å². The molecule has 142 valence electrons. The molecule has 2 aromatic rings. The summed E-state index contributed by atoms with van der Waals surface area (Å²) >= 11 is 1.56. The monoisotopic (exact) mass is 377 g/mol. The average Bonchev–Trinajstić information content (AvgIpc) is 3.32. The van der Waals surface area contributed by atoms with Crippen molar-refractivity contribution in [2.24, 2.45) is 5.92 Å². The summed E-state index contributed by atoms with van der Waals surface area (Å²) < 4.78 is 7.45. The Morgan fingerprint density at radius 3 is 2.88 bits per heavy atom. The molecule has 1 aliphatic heterocycles. The van der Waals surface area contributed by atoms with Crippen molar-refractivity contribution >= 4 is 22.4 Å². The van der Waals surface area contributed by atoms with Crippen LogP contribution in [0.5, 0.6) is 0 Å². The summed E-state index contributed by atoms with van der Waals surface area (Å²) in [4.78, 5) is 14.6. The molecule has 1 aliphatic rings. The molecule has 7 nitrogen and oxygen atoms in total. The normalized spacial score (nSPS) is 17.7. The number of nitrogens with zero attached hydrogens (tertiary/aromatic N) is 4. The van der Waals surface area contributed by atoms with Crippen molar-refractivity contribution in [3.63, 3.8) is 0 Å². The fourth-order valence-electron chi connectivity index (χ4n) is 3.01. The zero-order chi connectivity index (χ0) is 18.4. The second-order valence-corrected chi connectivity index (χ2v) is 7.74. The molecule has 0 unspecified atom stereocenters. The molecule has 1 saturated heterocycles. The lowest BCUT2D eigenvalue weighted by molar-refractivity contribution is -0.125. The van der Waals surface area contributed by atoms with Crippen LogP contribution in [0.2, 0.25) is 0 Å². The lowest BCUT2D eigenvalue weighted by Crippen LogP contribution is -2.43. The Morgan fingerprint density at radius 2 is 2.12 bits per heavy atom. The van der Waals surface area contributed by atoms with Gasteiger partial charge in [-0.2, -0.15) is 0 Å². The van der Waals surface area contributed by atoms with Gasteiger partial charge in [0.25, 0.3) is 0 Å². The molecular weight excluding hydrogens is 350 g/mol. The number of carbonyl (C=O) groups is 1. The van der Waals surface area contributed by atoms with Crippen molar-refractivity contribution in [2.45, 2.75) is 39.2 Å².